The molecule has 4 fully saturated rings. The van der Waals surface area contributed by atoms with Crippen LogP contribution in [0.1, 0.15) is 85.0 Å². The summed E-state index contributed by atoms with van der Waals surface area (Å²) < 4.78 is 0. The monoisotopic (exact) mass is 414 g/mol. The van der Waals surface area contributed by atoms with Crippen molar-refractivity contribution in [1.82, 2.24) is 0 Å². The summed E-state index contributed by atoms with van der Waals surface area (Å²) in [5, 5.41) is 32.4. The molecule has 10 atom stereocenters. The van der Waals surface area contributed by atoms with Crippen LogP contribution >= 0.6 is 0 Å². The average molecular weight is 415 g/mol. The van der Waals surface area contributed by atoms with Gasteiger partial charge in [0.1, 0.15) is 0 Å². The van der Waals surface area contributed by atoms with Crippen molar-refractivity contribution in [2.75, 3.05) is 0 Å². The van der Waals surface area contributed by atoms with Crippen molar-refractivity contribution in [3.8, 4) is 0 Å². The van der Waals surface area contributed by atoms with Gasteiger partial charge in [-0.15, -0.1) is 0 Å². The van der Waals surface area contributed by atoms with E-state index in [4.69, 9.17) is 0 Å². The van der Waals surface area contributed by atoms with Crippen LogP contribution < -0.4 is 5.11 Å². The van der Waals surface area contributed by atoms with E-state index < -0.39 is 5.97 Å². The summed E-state index contributed by atoms with van der Waals surface area (Å²) >= 11 is 0. The summed E-state index contributed by atoms with van der Waals surface area (Å²) in [7, 11) is 0. The van der Waals surface area contributed by atoms with Crippen LogP contribution in [0.25, 0.3) is 0 Å². The fourth-order valence-electron chi connectivity index (χ4n) is 8.72. The van der Waals surface area contributed by atoms with Crippen molar-refractivity contribution < 1.29 is 20.1 Å². The zero-order valence-corrected chi connectivity index (χ0v) is 20.9. The molecule has 29 heavy (non-hydrogen) atoms. The molecule has 0 spiro atoms. The fourth-order valence-corrected chi connectivity index (χ4v) is 8.72. The molecule has 2 N–H and O–H groups in total. The Balaban J connectivity index is 0.00000240. The van der Waals surface area contributed by atoms with E-state index in [1.807, 2.05) is 0 Å². The first-order valence-electron chi connectivity index (χ1n) is 11.7. The molecule has 4 aliphatic carbocycles. The van der Waals surface area contributed by atoms with Crippen LogP contribution in [0.15, 0.2) is 0 Å². The fraction of sp³-hybridized carbons (Fsp3) is 0.958. The van der Waals surface area contributed by atoms with Crippen LogP contribution in [0.2, 0.25) is 0 Å². The van der Waals surface area contributed by atoms with Crippen molar-refractivity contribution in [3.63, 3.8) is 0 Å². The van der Waals surface area contributed by atoms with E-state index in [1.54, 1.807) is 0 Å². The molecule has 0 unspecified atom stereocenters. The number of aliphatic hydroxyl groups excluding tert-OH is 2. The zero-order chi connectivity index (χ0) is 20.3. The van der Waals surface area contributed by atoms with Crippen LogP contribution in [-0.2, 0) is 4.79 Å². The van der Waals surface area contributed by atoms with Gasteiger partial charge in [-0.1, -0.05) is 20.8 Å². The molecule has 0 aromatic heterocycles. The Hall–Kier alpha value is 0.390. The Morgan fingerprint density at radius 2 is 1.69 bits per heavy atom. The molecule has 0 aliphatic heterocycles. The molecular weight excluding hydrogens is 375 g/mol. The Morgan fingerprint density at radius 3 is 2.38 bits per heavy atom. The summed E-state index contributed by atoms with van der Waals surface area (Å²) in [6.07, 6.45) is 8.91. The third-order valence-electron chi connectivity index (χ3n) is 10.2. The van der Waals surface area contributed by atoms with Gasteiger partial charge in [0.15, 0.2) is 0 Å². The first kappa shape index (κ1) is 24.0. The summed E-state index contributed by atoms with van der Waals surface area (Å²) in [6, 6.07) is 0. The Bertz CT molecular complexity index is 612. The number of aliphatic hydroxyl groups is 2. The second-order valence-corrected chi connectivity index (χ2v) is 11.3. The zero-order valence-electron chi connectivity index (χ0n) is 18.9. The molecule has 0 amide bonds. The van der Waals surface area contributed by atoms with Crippen molar-refractivity contribution in [3.05, 3.63) is 0 Å². The number of carbonyl (C=O) groups excluding carboxylic acids is 1. The number of carboxylic acid groups (broad SMARTS) is 1. The maximum Gasteiger partial charge on any atom is 0.0577 e. The van der Waals surface area contributed by atoms with Crippen LogP contribution in [-0.4, -0.2) is 57.9 Å². The maximum absolute atomic E-state index is 11.2. The van der Waals surface area contributed by atoms with Crippen molar-refractivity contribution in [1.29, 1.82) is 0 Å². The normalized spacial score (nSPS) is 49.9. The molecule has 1 radical (unpaired) electrons. The van der Waals surface area contributed by atoms with E-state index >= 15 is 0 Å². The third kappa shape index (κ3) is 3.99. The van der Waals surface area contributed by atoms with E-state index in [0.717, 1.165) is 25.7 Å². The number of hydrogen-bond donors (Lipinski definition) is 2. The molecule has 4 saturated carbocycles. The molecule has 4 aliphatic rings. The molecule has 4 rings (SSSR count). The summed E-state index contributed by atoms with van der Waals surface area (Å²) in [6.45, 7) is 7.11. The number of hydrogen-bond acceptors (Lipinski definition) is 4. The minimum atomic E-state index is -0.934. The minimum absolute atomic E-state index is 0. The van der Waals surface area contributed by atoms with E-state index in [2.05, 4.69) is 20.8 Å². The van der Waals surface area contributed by atoms with Crippen molar-refractivity contribution >= 4 is 35.5 Å². The predicted molar refractivity (Wildman–Crippen MR) is 112 cm³/mol. The molecule has 4 nitrogen and oxygen atoms in total. The van der Waals surface area contributed by atoms with Crippen LogP contribution in [0.3, 0.4) is 0 Å². The predicted octanol–water partition coefficient (Wildman–Crippen LogP) is 2.76. The van der Waals surface area contributed by atoms with E-state index in [1.165, 1.54) is 25.7 Å². The first-order chi connectivity index (χ1) is 13.2. The summed E-state index contributed by atoms with van der Waals surface area (Å²) in [4.78, 5) is 10.9. The second-order valence-electron chi connectivity index (χ2n) is 11.3. The standard InChI is InChI=1S/C24H40O4.Na/c1-14(4-7-21(27)28)17-5-6-18-22-19(9-11-24(17,18)3)23(2)10-8-16(25)12-15(23)13-20(22)26;/h14-20,22,25-26H,4-13H2,1-3H3,(H,27,28);/p-1/t14-,15+,16-,17-,18+,19+,20+,22+,23+,24-;/m1./s1. The van der Waals surface area contributed by atoms with Crippen LogP contribution in [0, 0.1) is 46.3 Å². The van der Waals surface area contributed by atoms with Gasteiger partial charge in [-0.25, -0.2) is 0 Å². The number of fused-ring (bicyclic) bond motifs is 5. The number of carboxylic acids is 1. The van der Waals surface area contributed by atoms with Gasteiger partial charge in [-0.2, -0.15) is 0 Å². The van der Waals surface area contributed by atoms with Gasteiger partial charge < -0.3 is 20.1 Å². The van der Waals surface area contributed by atoms with E-state index in [-0.39, 0.29) is 59.0 Å². The third-order valence-corrected chi connectivity index (χ3v) is 10.2. The Kier molecular flexibility index (Phi) is 7.24. The van der Waals surface area contributed by atoms with Gasteiger partial charge in [-0.05, 0) is 111 Å². The van der Waals surface area contributed by atoms with Gasteiger partial charge in [0.25, 0.3) is 0 Å². The van der Waals surface area contributed by atoms with Crippen LogP contribution in [0.4, 0.5) is 0 Å². The molecule has 0 aromatic rings. The van der Waals surface area contributed by atoms with Gasteiger partial charge in [-0.3, -0.25) is 0 Å². The SMILES string of the molecule is C[C@H](CCC(=O)[O-])[C@H]1CC[C@H]2[C@@H]3[C@@H](O)C[C@@H]4C[C@H](O)CC[C@]4(C)[C@H]3CC[C@]12C.[Na]. The van der Waals surface area contributed by atoms with Crippen molar-refractivity contribution in [2.45, 2.75) is 97.2 Å². The quantitative estimate of drug-likeness (QED) is 0.693. The molecule has 0 bridgehead atoms. The second kappa shape index (κ2) is 8.73. The largest absolute Gasteiger partial charge is 0.550 e. The first-order valence-corrected chi connectivity index (χ1v) is 11.7. The summed E-state index contributed by atoms with van der Waals surface area (Å²) in [5.41, 5.74) is 0.494. The van der Waals surface area contributed by atoms with Crippen molar-refractivity contribution in [2.24, 2.45) is 46.3 Å². The average Bonchev–Trinajstić information content (AvgIpc) is 2.98. The topological polar surface area (TPSA) is 80.6 Å². The van der Waals surface area contributed by atoms with Gasteiger partial charge in [0.2, 0.25) is 0 Å². The van der Waals surface area contributed by atoms with Gasteiger partial charge in [0.05, 0.1) is 12.2 Å². The molecule has 0 aromatic carbocycles. The molecule has 5 heteroatoms. The smallest absolute Gasteiger partial charge is 0.0577 e. The number of rotatable bonds is 4. The molecule has 0 saturated heterocycles. The maximum atomic E-state index is 11.2. The summed E-state index contributed by atoms with van der Waals surface area (Å²) in [5.74, 6) is 1.99. The Labute approximate surface area is 198 Å². The van der Waals surface area contributed by atoms with E-state index in [9.17, 15) is 20.1 Å². The van der Waals surface area contributed by atoms with Gasteiger partial charge in [0, 0.05) is 35.5 Å². The minimum Gasteiger partial charge on any atom is -0.550 e. The number of aliphatic carboxylic acids is 1. The number of carbonyl (C=O) groups is 1. The Morgan fingerprint density at radius 1 is 1.03 bits per heavy atom. The van der Waals surface area contributed by atoms with E-state index in [0.29, 0.717) is 41.9 Å². The molecule has 0 heterocycles. The molecular formula is C24H39NaO4-. The molecule has 161 valence electrons. The van der Waals surface area contributed by atoms with Gasteiger partial charge >= 0.3 is 0 Å². The van der Waals surface area contributed by atoms with Crippen LogP contribution in [0.5, 0.6) is 0 Å².